The molecular formula is C30H18O12. The minimum Gasteiger partial charge on any atom is -0.508 e. The van der Waals surface area contributed by atoms with Crippen molar-refractivity contribution < 1.29 is 49.7 Å². The number of rotatable bonds is 3. The van der Waals surface area contributed by atoms with Crippen LogP contribution in [0, 0.1) is 0 Å². The predicted molar refractivity (Wildman–Crippen MR) is 148 cm³/mol. The summed E-state index contributed by atoms with van der Waals surface area (Å²) in [5, 5.41) is 80.5. The van der Waals surface area contributed by atoms with E-state index >= 15 is 0 Å². The van der Waals surface area contributed by atoms with Crippen LogP contribution in [-0.2, 0) is 0 Å². The van der Waals surface area contributed by atoms with Crippen LogP contribution in [0.4, 0.5) is 0 Å². The van der Waals surface area contributed by atoms with Gasteiger partial charge in [-0.25, -0.2) is 0 Å². The van der Waals surface area contributed by atoms with Gasteiger partial charge in [0.1, 0.15) is 56.5 Å². The first-order valence-corrected chi connectivity index (χ1v) is 12.0. The molecular weight excluding hydrogens is 552 g/mol. The Labute approximate surface area is 232 Å². The largest absolute Gasteiger partial charge is 0.508 e. The van der Waals surface area contributed by atoms with Gasteiger partial charge < -0.3 is 49.7 Å². The van der Waals surface area contributed by atoms with E-state index in [0.717, 1.165) is 48.5 Å². The van der Waals surface area contributed by atoms with Gasteiger partial charge in [-0.1, -0.05) is 0 Å². The Balaban J connectivity index is 1.87. The van der Waals surface area contributed by atoms with E-state index in [2.05, 4.69) is 0 Å². The summed E-state index contributed by atoms with van der Waals surface area (Å²) < 4.78 is 11.9. The van der Waals surface area contributed by atoms with Crippen molar-refractivity contribution in [2.24, 2.45) is 0 Å². The van der Waals surface area contributed by atoms with E-state index in [1.54, 1.807) is 0 Å². The molecule has 0 fully saturated rings. The summed E-state index contributed by atoms with van der Waals surface area (Å²) >= 11 is 0. The van der Waals surface area contributed by atoms with Crippen LogP contribution < -0.4 is 10.9 Å². The quantitative estimate of drug-likeness (QED) is 0.137. The molecule has 210 valence electrons. The van der Waals surface area contributed by atoms with E-state index in [4.69, 9.17) is 8.83 Å². The van der Waals surface area contributed by atoms with Crippen LogP contribution in [-0.4, -0.2) is 40.9 Å². The molecule has 0 saturated carbocycles. The molecule has 12 nitrogen and oxygen atoms in total. The molecule has 8 N–H and O–H groups in total. The average Bonchev–Trinajstić information content (AvgIpc) is 2.91. The summed E-state index contributed by atoms with van der Waals surface area (Å²) in [7, 11) is 0. The van der Waals surface area contributed by atoms with Gasteiger partial charge in [-0.15, -0.1) is 0 Å². The van der Waals surface area contributed by atoms with Gasteiger partial charge in [0.25, 0.3) is 0 Å². The highest BCUT2D eigenvalue weighted by Crippen LogP contribution is 2.43. The van der Waals surface area contributed by atoms with Gasteiger partial charge >= 0.3 is 0 Å². The summed E-state index contributed by atoms with van der Waals surface area (Å²) in [5.41, 5.74) is -3.71. The van der Waals surface area contributed by atoms with E-state index in [1.165, 1.54) is 12.1 Å². The summed E-state index contributed by atoms with van der Waals surface area (Å²) in [6.07, 6.45) is 0. The zero-order valence-corrected chi connectivity index (χ0v) is 21.0. The van der Waals surface area contributed by atoms with Gasteiger partial charge in [-0.3, -0.25) is 9.59 Å². The minimum absolute atomic E-state index is 0.0314. The van der Waals surface area contributed by atoms with Crippen molar-refractivity contribution in [3.05, 3.63) is 81.1 Å². The van der Waals surface area contributed by atoms with E-state index in [-0.39, 0.29) is 33.8 Å². The normalized spacial score (nSPS) is 11.3. The highest BCUT2D eigenvalue weighted by atomic mass is 16.3. The van der Waals surface area contributed by atoms with E-state index in [1.807, 2.05) is 0 Å². The molecule has 0 bridgehead atoms. The summed E-state index contributed by atoms with van der Waals surface area (Å²) in [4.78, 5) is 28.3. The molecule has 0 radical (unpaired) electrons. The maximum absolute atomic E-state index is 14.2. The maximum Gasteiger partial charge on any atom is 0.205 e. The zero-order valence-electron chi connectivity index (χ0n) is 21.0. The first kappa shape index (κ1) is 26.0. The van der Waals surface area contributed by atoms with Gasteiger partial charge in [-0.2, -0.15) is 0 Å². The van der Waals surface area contributed by atoms with Gasteiger partial charge in [0.05, 0.1) is 11.1 Å². The molecule has 0 atom stereocenters. The molecule has 0 aliphatic carbocycles. The Hall–Kier alpha value is -6.30. The third-order valence-corrected chi connectivity index (χ3v) is 6.64. The van der Waals surface area contributed by atoms with Gasteiger partial charge in [-0.05, 0) is 36.4 Å². The SMILES string of the molecule is O=c1c(-c2c(-c3ccc(O)c(O)c3)oc3cc(O)cc(O)c3c2=O)c(-c2ccc(O)c(O)c2)oc2cc(O)cc(O)c12. The second-order valence-electron chi connectivity index (χ2n) is 9.35. The van der Waals surface area contributed by atoms with Gasteiger partial charge in [0.15, 0.2) is 23.0 Å². The molecule has 0 aliphatic heterocycles. The Morgan fingerprint density at radius 1 is 0.429 bits per heavy atom. The molecule has 0 saturated heterocycles. The fraction of sp³-hybridized carbons (Fsp3) is 0. The molecule has 12 heteroatoms. The molecule has 0 unspecified atom stereocenters. The van der Waals surface area contributed by atoms with Crippen molar-refractivity contribution in [2.75, 3.05) is 0 Å². The molecule has 6 aromatic rings. The van der Waals surface area contributed by atoms with Crippen LogP contribution in [0.25, 0.3) is 55.7 Å². The summed E-state index contributed by atoms with van der Waals surface area (Å²) in [5.74, 6) is -5.27. The Bertz CT molecular complexity index is 2070. The second-order valence-corrected chi connectivity index (χ2v) is 9.35. The lowest BCUT2D eigenvalue weighted by atomic mass is 9.93. The fourth-order valence-electron chi connectivity index (χ4n) is 4.76. The van der Waals surface area contributed by atoms with Crippen LogP contribution >= 0.6 is 0 Å². The first-order chi connectivity index (χ1) is 19.9. The molecule has 2 heterocycles. The van der Waals surface area contributed by atoms with Crippen LogP contribution in [0.15, 0.2) is 79.1 Å². The van der Waals surface area contributed by atoms with E-state index in [9.17, 15) is 50.4 Å². The minimum atomic E-state index is -0.995. The topological polar surface area (TPSA) is 222 Å². The smallest absolute Gasteiger partial charge is 0.205 e. The Kier molecular flexibility index (Phi) is 5.64. The van der Waals surface area contributed by atoms with Crippen LogP contribution in [0.3, 0.4) is 0 Å². The second kappa shape index (κ2) is 9.13. The predicted octanol–water partition coefficient (Wildman–Crippen LogP) is 4.55. The van der Waals surface area contributed by atoms with Crippen molar-refractivity contribution in [3.8, 4) is 79.8 Å². The van der Waals surface area contributed by atoms with Crippen LogP contribution in [0.1, 0.15) is 0 Å². The molecule has 2 aromatic heterocycles. The standard InChI is InChI=1S/C30H18O12/c31-13-7-19(37)23-21(9-13)41-29(11-1-3-15(33)17(35)5-11)25(27(23)39)26-28(40)24-20(38)8-14(32)10-22(24)42-30(26)12-2-4-16(34)18(36)6-12/h1-10,31-38H. The van der Waals surface area contributed by atoms with Crippen molar-refractivity contribution in [3.63, 3.8) is 0 Å². The fourth-order valence-corrected chi connectivity index (χ4v) is 4.76. The summed E-state index contributed by atoms with van der Waals surface area (Å²) in [6.45, 7) is 0. The Morgan fingerprint density at radius 2 is 0.810 bits per heavy atom. The molecule has 0 spiro atoms. The van der Waals surface area contributed by atoms with Crippen molar-refractivity contribution >= 4 is 21.9 Å². The number of fused-ring (bicyclic) bond motifs is 2. The lowest BCUT2D eigenvalue weighted by Gasteiger charge is -2.15. The van der Waals surface area contributed by atoms with Crippen molar-refractivity contribution in [1.29, 1.82) is 0 Å². The zero-order chi connectivity index (χ0) is 30.0. The third kappa shape index (κ3) is 3.93. The molecule has 0 aliphatic rings. The lowest BCUT2D eigenvalue weighted by Crippen LogP contribution is -2.16. The van der Waals surface area contributed by atoms with Crippen molar-refractivity contribution in [2.45, 2.75) is 0 Å². The van der Waals surface area contributed by atoms with Gasteiger partial charge in [0, 0.05) is 35.4 Å². The van der Waals surface area contributed by atoms with Crippen molar-refractivity contribution in [1.82, 2.24) is 0 Å². The van der Waals surface area contributed by atoms with Crippen LogP contribution in [0.5, 0.6) is 46.0 Å². The number of hydrogen-bond acceptors (Lipinski definition) is 12. The first-order valence-electron chi connectivity index (χ1n) is 12.0. The molecule has 0 amide bonds. The summed E-state index contributed by atoms with van der Waals surface area (Å²) in [6, 6.07) is 10.6. The van der Waals surface area contributed by atoms with E-state index < -0.39 is 78.8 Å². The van der Waals surface area contributed by atoms with E-state index in [0.29, 0.717) is 0 Å². The van der Waals surface area contributed by atoms with Gasteiger partial charge in [0.2, 0.25) is 10.9 Å². The number of hydrogen-bond donors (Lipinski definition) is 8. The highest BCUT2D eigenvalue weighted by Gasteiger charge is 2.29. The Morgan fingerprint density at radius 3 is 1.17 bits per heavy atom. The lowest BCUT2D eigenvalue weighted by molar-refractivity contribution is 0.404. The molecule has 4 aromatic carbocycles. The maximum atomic E-state index is 14.2. The average molecular weight is 570 g/mol. The van der Waals surface area contributed by atoms with Crippen LogP contribution in [0.2, 0.25) is 0 Å². The number of aromatic hydroxyl groups is 8. The number of benzene rings is 4. The molecule has 6 rings (SSSR count). The third-order valence-electron chi connectivity index (χ3n) is 6.64. The molecule has 42 heavy (non-hydrogen) atoms. The number of phenols is 8. The monoisotopic (exact) mass is 570 g/mol. The number of phenolic OH excluding ortho intramolecular Hbond substituents is 8. The highest BCUT2D eigenvalue weighted by molar-refractivity contribution is 5.99.